The Labute approximate surface area is 113 Å². The van der Waals surface area contributed by atoms with Crippen LogP contribution in [0.3, 0.4) is 0 Å². The van der Waals surface area contributed by atoms with Crippen LogP contribution in [-0.4, -0.2) is 22.0 Å². The molecule has 0 aliphatic rings. The van der Waals surface area contributed by atoms with Gasteiger partial charge in [-0.15, -0.1) is 0 Å². The second-order valence-corrected chi connectivity index (χ2v) is 5.48. The van der Waals surface area contributed by atoms with E-state index in [1.165, 1.54) is 0 Å². The van der Waals surface area contributed by atoms with Gasteiger partial charge in [0.05, 0.1) is 12.5 Å². The predicted molar refractivity (Wildman–Crippen MR) is 71.4 cm³/mol. The van der Waals surface area contributed by atoms with E-state index < -0.39 is 11.4 Å². The molecular weight excluding hydrogens is 244 g/mol. The van der Waals surface area contributed by atoms with Crippen LogP contribution in [0.25, 0.3) is 0 Å². The highest BCUT2D eigenvalue weighted by Gasteiger charge is 2.25. The minimum Gasteiger partial charge on any atom is -0.481 e. The molecule has 104 valence electrons. The summed E-state index contributed by atoms with van der Waals surface area (Å²) in [6.45, 7) is 5.44. The molecule has 0 fully saturated rings. The van der Waals surface area contributed by atoms with Crippen LogP contribution in [0.5, 0.6) is 0 Å². The molecule has 1 atom stereocenters. The van der Waals surface area contributed by atoms with Crippen LogP contribution in [-0.2, 0) is 9.59 Å². The van der Waals surface area contributed by atoms with Gasteiger partial charge in [0.2, 0.25) is 5.91 Å². The van der Waals surface area contributed by atoms with Crippen LogP contribution in [0.4, 0.5) is 0 Å². The summed E-state index contributed by atoms with van der Waals surface area (Å²) in [5.41, 5.74) is 0.424. The van der Waals surface area contributed by atoms with E-state index in [0.29, 0.717) is 0 Å². The number of aromatic nitrogens is 1. The van der Waals surface area contributed by atoms with Gasteiger partial charge in [-0.05, 0) is 30.0 Å². The van der Waals surface area contributed by atoms with Crippen molar-refractivity contribution in [3.63, 3.8) is 0 Å². The second kappa shape index (κ2) is 6.31. The van der Waals surface area contributed by atoms with Crippen molar-refractivity contribution < 1.29 is 14.7 Å². The van der Waals surface area contributed by atoms with E-state index in [1.54, 1.807) is 26.2 Å². The van der Waals surface area contributed by atoms with Crippen LogP contribution in [0.1, 0.15) is 45.2 Å². The van der Waals surface area contributed by atoms with Crippen LogP contribution < -0.4 is 5.32 Å². The van der Waals surface area contributed by atoms with Crippen molar-refractivity contribution in [3.05, 3.63) is 30.1 Å². The largest absolute Gasteiger partial charge is 0.481 e. The number of amides is 1. The van der Waals surface area contributed by atoms with Gasteiger partial charge in [-0.3, -0.25) is 14.6 Å². The monoisotopic (exact) mass is 264 g/mol. The number of nitrogens with one attached hydrogen (secondary N) is 1. The second-order valence-electron chi connectivity index (χ2n) is 5.48. The van der Waals surface area contributed by atoms with Crippen molar-refractivity contribution >= 4 is 11.9 Å². The Kier molecular flexibility index (Phi) is 5.03. The van der Waals surface area contributed by atoms with Crippen molar-refractivity contribution in [1.29, 1.82) is 0 Å². The molecule has 1 aromatic heterocycles. The van der Waals surface area contributed by atoms with E-state index >= 15 is 0 Å². The molecule has 0 spiro atoms. The third-order valence-electron chi connectivity index (χ3n) is 2.85. The number of hydrogen-bond donors (Lipinski definition) is 2. The number of pyridine rings is 1. The fourth-order valence-corrected chi connectivity index (χ4v) is 1.93. The lowest BCUT2D eigenvalue weighted by Crippen LogP contribution is -2.31. The summed E-state index contributed by atoms with van der Waals surface area (Å²) in [6, 6.07) is 3.57. The number of carboxylic acids is 1. The Hall–Kier alpha value is -1.91. The van der Waals surface area contributed by atoms with E-state index in [9.17, 15) is 9.59 Å². The van der Waals surface area contributed by atoms with Crippen LogP contribution in [0, 0.1) is 5.41 Å². The molecule has 5 nitrogen and oxygen atoms in total. The quantitative estimate of drug-likeness (QED) is 0.825. The molecule has 0 aliphatic heterocycles. The first-order valence-electron chi connectivity index (χ1n) is 6.21. The number of rotatable bonds is 6. The molecule has 1 rings (SSSR count). The van der Waals surface area contributed by atoms with E-state index in [2.05, 4.69) is 10.3 Å². The van der Waals surface area contributed by atoms with E-state index in [4.69, 9.17) is 5.11 Å². The molecule has 1 amide bonds. The average Bonchev–Trinajstić information content (AvgIpc) is 2.27. The van der Waals surface area contributed by atoms with Gasteiger partial charge in [0.1, 0.15) is 0 Å². The molecule has 1 aromatic rings. The summed E-state index contributed by atoms with van der Waals surface area (Å²) in [5.74, 6) is -1.03. The van der Waals surface area contributed by atoms with Gasteiger partial charge in [0.15, 0.2) is 0 Å². The lowest BCUT2D eigenvalue weighted by Gasteiger charge is -2.23. The smallest absolute Gasteiger partial charge is 0.303 e. The number of nitrogens with zero attached hydrogens (tertiary/aromatic N) is 1. The Morgan fingerprint density at radius 3 is 2.42 bits per heavy atom. The minimum absolute atomic E-state index is 0.0238. The van der Waals surface area contributed by atoms with E-state index in [0.717, 1.165) is 5.56 Å². The van der Waals surface area contributed by atoms with Gasteiger partial charge in [0, 0.05) is 18.8 Å². The summed E-state index contributed by atoms with van der Waals surface area (Å²) in [6.07, 6.45) is 3.51. The predicted octanol–water partition coefficient (Wildman–Crippen LogP) is 2.15. The number of carbonyl (C=O) groups excluding carboxylic acids is 1. The maximum atomic E-state index is 11.9. The number of carbonyl (C=O) groups is 2. The maximum absolute atomic E-state index is 11.9. The van der Waals surface area contributed by atoms with Crippen LogP contribution >= 0.6 is 0 Å². The first kappa shape index (κ1) is 15.1. The third-order valence-corrected chi connectivity index (χ3v) is 2.85. The first-order valence-corrected chi connectivity index (χ1v) is 6.21. The average molecular weight is 264 g/mol. The molecule has 1 unspecified atom stereocenters. The Bertz CT molecular complexity index is 443. The Morgan fingerprint density at radius 1 is 1.32 bits per heavy atom. The number of carboxylic acid groups (broad SMARTS) is 1. The fraction of sp³-hybridized carbons (Fsp3) is 0.500. The zero-order valence-electron chi connectivity index (χ0n) is 11.5. The highest BCUT2D eigenvalue weighted by Crippen LogP contribution is 2.25. The lowest BCUT2D eigenvalue weighted by molar-refractivity contribution is -0.139. The Morgan fingerprint density at radius 2 is 1.89 bits per heavy atom. The first-order chi connectivity index (χ1) is 8.80. The zero-order valence-corrected chi connectivity index (χ0v) is 11.5. The summed E-state index contributed by atoms with van der Waals surface area (Å²) in [5, 5.41) is 11.6. The topological polar surface area (TPSA) is 79.3 Å². The number of hydrogen-bond acceptors (Lipinski definition) is 3. The van der Waals surface area contributed by atoms with Gasteiger partial charge in [0.25, 0.3) is 0 Å². The molecule has 5 heteroatoms. The van der Waals surface area contributed by atoms with Gasteiger partial charge in [-0.25, -0.2) is 0 Å². The van der Waals surface area contributed by atoms with Gasteiger partial charge in [-0.1, -0.05) is 13.8 Å². The van der Waals surface area contributed by atoms with Crippen LogP contribution in [0.15, 0.2) is 24.5 Å². The van der Waals surface area contributed by atoms with Crippen molar-refractivity contribution in [2.24, 2.45) is 5.41 Å². The molecule has 0 radical (unpaired) electrons. The molecular formula is C14H20N2O3. The maximum Gasteiger partial charge on any atom is 0.303 e. The summed E-state index contributed by atoms with van der Waals surface area (Å²) < 4.78 is 0. The SMILES string of the molecule is CC(NC(=O)CC(C)(C)CC(=O)O)c1ccncc1. The van der Waals surface area contributed by atoms with E-state index in [-0.39, 0.29) is 24.8 Å². The normalized spacial score (nSPS) is 12.8. The van der Waals surface area contributed by atoms with Gasteiger partial charge >= 0.3 is 5.97 Å². The fourth-order valence-electron chi connectivity index (χ4n) is 1.93. The third kappa shape index (κ3) is 5.50. The number of aliphatic carboxylic acids is 1. The zero-order chi connectivity index (χ0) is 14.5. The van der Waals surface area contributed by atoms with Crippen LogP contribution in [0.2, 0.25) is 0 Å². The standard InChI is InChI=1S/C14H20N2O3/c1-10(11-4-6-15-7-5-11)16-12(17)8-14(2,3)9-13(18)19/h4-7,10H,8-9H2,1-3H3,(H,16,17)(H,18,19). The highest BCUT2D eigenvalue weighted by molar-refractivity contribution is 5.78. The van der Waals surface area contributed by atoms with Crippen molar-refractivity contribution in [1.82, 2.24) is 10.3 Å². The van der Waals surface area contributed by atoms with Gasteiger partial charge < -0.3 is 10.4 Å². The molecule has 0 aliphatic carbocycles. The van der Waals surface area contributed by atoms with Crippen molar-refractivity contribution in [2.75, 3.05) is 0 Å². The molecule has 2 N–H and O–H groups in total. The van der Waals surface area contributed by atoms with Crippen molar-refractivity contribution in [3.8, 4) is 0 Å². The molecule has 19 heavy (non-hydrogen) atoms. The summed E-state index contributed by atoms with van der Waals surface area (Å²) in [7, 11) is 0. The Balaban J connectivity index is 2.54. The molecule has 0 saturated heterocycles. The van der Waals surface area contributed by atoms with Crippen molar-refractivity contribution in [2.45, 2.75) is 39.7 Å². The molecule has 0 bridgehead atoms. The highest BCUT2D eigenvalue weighted by atomic mass is 16.4. The summed E-state index contributed by atoms with van der Waals surface area (Å²) >= 11 is 0. The minimum atomic E-state index is -0.889. The lowest BCUT2D eigenvalue weighted by atomic mass is 9.85. The van der Waals surface area contributed by atoms with E-state index in [1.807, 2.05) is 19.1 Å². The van der Waals surface area contributed by atoms with Gasteiger partial charge in [-0.2, -0.15) is 0 Å². The molecule has 0 saturated carbocycles. The molecule has 1 heterocycles. The molecule has 0 aromatic carbocycles. The summed E-state index contributed by atoms with van der Waals surface area (Å²) in [4.78, 5) is 26.5.